The fraction of sp³-hybridized carbons (Fsp3) is 1.00. The molecule has 2 rings (SSSR count). The molecular formula is C13H24O. The zero-order valence-corrected chi connectivity index (χ0v) is 9.47. The largest absolute Gasteiger partial charge is 0.389 e. The molecule has 0 aromatic rings. The van der Waals surface area contributed by atoms with Crippen LogP contribution in [0.25, 0.3) is 0 Å². The Balaban J connectivity index is 2.06. The van der Waals surface area contributed by atoms with E-state index in [4.69, 9.17) is 0 Å². The van der Waals surface area contributed by atoms with Gasteiger partial charge in [-0.3, -0.25) is 0 Å². The minimum Gasteiger partial charge on any atom is -0.389 e. The molecule has 2 saturated carbocycles. The minimum absolute atomic E-state index is 0.299. The van der Waals surface area contributed by atoms with E-state index < -0.39 is 0 Å². The number of hydrogen-bond acceptors (Lipinski definition) is 1. The van der Waals surface area contributed by atoms with E-state index in [0.717, 1.165) is 6.42 Å². The Bertz CT molecular complexity index is 160. The monoisotopic (exact) mass is 196 g/mol. The first kappa shape index (κ1) is 10.5. The summed E-state index contributed by atoms with van der Waals surface area (Å²) >= 11 is 0. The van der Waals surface area contributed by atoms with Gasteiger partial charge in [0.25, 0.3) is 0 Å². The highest BCUT2D eigenvalue weighted by Crippen LogP contribution is 2.46. The van der Waals surface area contributed by atoms with Crippen molar-refractivity contribution >= 4 is 0 Å². The van der Waals surface area contributed by atoms with Crippen LogP contribution in [0.2, 0.25) is 0 Å². The van der Waals surface area contributed by atoms with Gasteiger partial charge in [0.05, 0.1) is 5.60 Å². The molecule has 0 aromatic heterocycles. The lowest BCUT2D eigenvalue weighted by Crippen LogP contribution is -2.42. The first-order valence-corrected chi connectivity index (χ1v) is 6.49. The van der Waals surface area contributed by atoms with Crippen LogP contribution in [0.1, 0.15) is 64.7 Å². The van der Waals surface area contributed by atoms with E-state index in [9.17, 15) is 5.11 Å². The van der Waals surface area contributed by atoms with E-state index in [2.05, 4.69) is 6.92 Å². The molecule has 0 radical (unpaired) electrons. The summed E-state index contributed by atoms with van der Waals surface area (Å²) in [5, 5.41) is 10.8. The molecule has 2 aliphatic rings. The summed E-state index contributed by atoms with van der Waals surface area (Å²) in [6, 6.07) is 0. The SMILES string of the molecule is CCC(O)(C1CCCC1)C1CCCC1. The molecule has 0 saturated heterocycles. The zero-order valence-electron chi connectivity index (χ0n) is 9.47. The van der Waals surface area contributed by atoms with Crippen molar-refractivity contribution in [1.29, 1.82) is 0 Å². The first-order chi connectivity index (χ1) is 6.77. The van der Waals surface area contributed by atoms with Gasteiger partial charge in [-0.2, -0.15) is 0 Å². The Morgan fingerprint density at radius 1 is 0.929 bits per heavy atom. The second-order valence-electron chi connectivity index (χ2n) is 5.31. The van der Waals surface area contributed by atoms with Gasteiger partial charge in [-0.25, -0.2) is 0 Å². The topological polar surface area (TPSA) is 20.2 Å². The van der Waals surface area contributed by atoms with Gasteiger partial charge in [-0.15, -0.1) is 0 Å². The third-order valence-electron chi connectivity index (χ3n) is 4.69. The molecule has 0 unspecified atom stereocenters. The van der Waals surface area contributed by atoms with Crippen LogP contribution in [0, 0.1) is 11.8 Å². The van der Waals surface area contributed by atoms with E-state index in [-0.39, 0.29) is 5.60 Å². The van der Waals surface area contributed by atoms with Crippen LogP contribution in [0.5, 0.6) is 0 Å². The number of hydrogen-bond donors (Lipinski definition) is 1. The fourth-order valence-electron chi connectivity index (χ4n) is 3.76. The summed E-state index contributed by atoms with van der Waals surface area (Å²) in [6.45, 7) is 2.18. The smallest absolute Gasteiger partial charge is 0.0701 e. The summed E-state index contributed by atoms with van der Waals surface area (Å²) in [7, 11) is 0. The predicted molar refractivity (Wildman–Crippen MR) is 59.2 cm³/mol. The van der Waals surface area contributed by atoms with Crippen molar-refractivity contribution < 1.29 is 5.11 Å². The maximum Gasteiger partial charge on any atom is 0.0701 e. The summed E-state index contributed by atoms with van der Waals surface area (Å²) in [5.41, 5.74) is -0.299. The van der Waals surface area contributed by atoms with Crippen molar-refractivity contribution in [3.8, 4) is 0 Å². The predicted octanol–water partition coefficient (Wildman–Crippen LogP) is 3.51. The lowest BCUT2D eigenvalue weighted by Gasteiger charge is -2.38. The maximum absolute atomic E-state index is 10.8. The summed E-state index contributed by atoms with van der Waals surface area (Å²) < 4.78 is 0. The lowest BCUT2D eigenvalue weighted by atomic mass is 9.73. The maximum atomic E-state index is 10.8. The third-order valence-corrected chi connectivity index (χ3v) is 4.69. The van der Waals surface area contributed by atoms with Crippen LogP contribution in [-0.4, -0.2) is 10.7 Å². The standard InChI is InChI=1S/C13H24O/c1-2-13(14,11-7-3-4-8-11)12-9-5-6-10-12/h11-12,14H,2-10H2,1H3. The van der Waals surface area contributed by atoms with E-state index in [1.54, 1.807) is 0 Å². The van der Waals surface area contributed by atoms with E-state index in [1.165, 1.54) is 51.4 Å². The molecule has 0 atom stereocenters. The third kappa shape index (κ3) is 1.71. The van der Waals surface area contributed by atoms with Gasteiger partial charge in [0.15, 0.2) is 0 Å². The first-order valence-electron chi connectivity index (χ1n) is 6.49. The average Bonchev–Trinajstić information content (AvgIpc) is 2.88. The van der Waals surface area contributed by atoms with Gasteiger partial charge >= 0.3 is 0 Å². The van der Waals surface area contributed by atoms with Gasteiger partial charge in [0.1, 0.15) is 0 Å². The summed E-state index contributed by atoms with van der Waals surface area (Å²) in [6.07, 6.45) is 11.5. The second-order valence-corrected chi connectivity index (χ2v) is 5.31. The number of aliphatic hydroxyl groups is 1. The second kappa shape index (κ2) is 4.22. The van der Waals surface area contributed by atoms with Gasteiger partial charge in [-0.1, -0.05) is 32.6 Å². The molecule has 1 nitrogen and oxygen atoms in total. The molecule has 2 aliphatic carbocycles. The van der Waals surface area contributed by atoms with Gasteiger partial charge < -0.3 is 5.11 Å². The average molecular weight is 196 g/mol. The van der Waals surface area contributed by atoms with Gasteiger partial charge in [0.2, 0.25) is 0 Å². The molecule has 0 spiro atoms. The van der Waals surface area contributed by atoms with Gasteiger partial charge in [0, 0.05) is 0 Å². The molecular weight excluding hydrogens is 172 g/mol. The molecule has 0 aliphatic heterocycles. The van der Waals surface area contributed by atoms with Gasteiger partial charge in [-0.05, 0) is 43.9 Å². The van der Waals surface area contributed by atoms with Crippen LogP contribution < -0.4 is 0 Å². The van der Waals surface area contributed by atoms with Crippen molar-refractivity contribution in [1.82, 2.24) is 0 Å². The molecule has 82 valence electrons. The molecule has 0 amide bonds. The molecule has 1 N–H and O–H groups in total. The van der Waals surface area contributed by atoms with Crippen LogP contribution in [0.15, 0.2) is 0 Å². The quantitative estimate of drug-likeness (QED) is 0.732. The molecule has 0 aromatic carbocycles. The summed E-state index contributed by atoms with van der Waals surface area (Å²) in [4.78, 5) is 0. The molecule has 2 fully saturated rings. The van der Waals surface area contributed by atoms with Crippen LogP contribution in [0.3, 0.4) is 0 Å². The molecule has 1 heteroatoms. The van der Waals surface area contributed by atoms with E-state index in [1.807, 2.05) is 0 Å². The Kier molecular flexibility index (Phi) is 3.16. The fourth-order valence-corrected chi connectivity index (χ4v) is 3.76. The Hall–Kier alpha value is -0.0400. The normalized spacial score (nSPS) is 26.1. The van der Waals surface area contributed by atoms with Crippen molar-refractivity contribution in [2.24, 2.45) is 11.8 Å². The highest BCUT2D eigenvalue weighted by atomic mass is 16.3. The highest BCUT2D eigenvalue weighted by Gasteiger charge is 2.43. The minimum atomic E-state index is -0.299. The van der Waals surface area contributed by atoms with Crippen molar-refractivity contribution in [3.63, 3.8) is 0 Å². The Labute approximate surface area is 87.9 Å². The molecule has 14 heavy (non-hydrogen) atoms. The highest BCUT2D eigenvalue weighted by molar-refractivity contribution is 4.95. The Morgan fingerprint density at radius 3 is 1.57 bits per heavy atom. The summed E-state index contributed by atoms with van der Waals surface area (Å²) in [5.74, 6) is 1.24. The van der Waals surface area contributed by atoms with E-state index in [0.29, 0.717) is 11.8 Å². The van der Waals surface area contributed by atoms with Crippen molar-refractivity contribution in [3.05, 3.63) is 0 Å². The zero-order chi connectivity index (χ0) is 10.0. The number of rotatable bonds is 3. The van der Waals surface area contributed by atoms with E-state index >= 15 is 0 Å². The lowest BCUT2D eigenvalue weighted by molar-refractivity contribution is -0.0693. The molecule has 0 heterocycles. The van der Waals surface area contributed by atoms with Crippen molar-refractivity contribution in [2.45, 2.75) is 70.3 Å². The van der Waals surface area contributed by atoms with Crippen molar-refractivity contribution in [2.75, 3.05) is 0 Å². The van der Waals surface area contributed by atoms with Crippen LogP contribution in [-0.2, 0) is 0 Å². The Morgan fingerprint density at radius 2 is 1.29 bits per heavy atom. The van der Waals surface area contributed by atoms with Crippen LogP contribution in [0.4, 0.5) is 0 Å². The van der Waals surface area contributed by atoms with Crippen LogP contribution >= 0.6 is 0 Å². The molecule has 0 bridgehead atoms.